The lowest BCUT2D eigenvalue weighted by Crippen LogP contribution is -2.45. The summed E-state index contributed by atoms with van der Waals surface area (Å²) in [6.45, 7) is 5.50. The van der Waals surface area contributed by atoms with E-state index in [1.807, 2.05) is 190 Å². The molecular formula is C99H166N50. The molecule has 0 spiro atoms. The number of likely N-dealkylation sites (N-methyl/N-ethyl adjacent to an activating group) is 1. The second-order valence-corrected chi connectivity index (χ2v) is 33.4. The molecule has 0 aliphatic heterocycles. The van der Waals surface area contributed by atoms with Gasteiger partial charge in [-0.25, -0.2) is 9.98 Å². The van der Waals surface area contributed by atoms with Crippen LogP contribution in [0.25, 0.3) is 0 Å². The lowest BCUT2D eigenvalue weighted by Gasteiger charge is -2.22. The fraction of sp³-hybridized carbons (Fsp3) is 0.374. The van der Waals surface area contributed by atoms with Crippen LogP contribution in [0.3, 0.4) is 0 Å². The number of hydrogen-bond acceptors (Lipinski definition) is 12. The lowest BCUT2D eigenvalue weighted by molar-refractivity contribution is 0.356. The van der Waals surface area contributed by atoms with E-state index < -0.39 is 0 Å². The maximum atomic E-state index is 7.57. The highest BCUT2D eigenvalue weighted by atomic mass is 15.3. The van der Waals surface area contributed by atoms with Crippen molar-refractivity contribution in [2.75, 3.05) is 93.5 Å². The number of hydrogen-bond donors (Lipinski definition) is 30. The molecule has 0 bridgehead atoms. The third kappa shape index (κ3) is 71.9. The molecule has 53 N–H and O–H groups in total. The van der Waals surface area contributed by atoms with Gasteiger partial charge in [0, 0.05) is 101 Å². The standard InChI is InChI=1S/C11H23N5.2C11H17N5.C10H21N5.C10H15N5.C10H21N5.C10H15N5.2C9H13N5.C8H11N5/c1-16(2)11(13)15-10(12)14-8-9-6-4-3-5-7-9;1-16(11(14)15-10(12)13)8-7-9-5-3-2-4-6-9;12-10(13)16-11(14)15-8-4-7-9-5-2-1-3-6-9;1-13-9(11)15-10(12)14-7-8-5-3-2-4-6-8;1-15(10(13)14-9(11)12)7-8-5-3-2-4-6-8;1-13-10(15-9(11)12)14-7-8-5-3-2-4-6-8;11-9(12)15-10(13)14-7-6-8-4-2-1-3-5-8;1-14(9(12)13-8(10)11)7-5-3-2-4-6-7;10-8(11)14-9(12)13-6-7-4-2-1-3-5-7;9-7(10)13-8(11)12-6-4-2-1-3-5-6/h9H,3-8H2,1-2H3,(H4,12,13,14,15);2-6H,7-8H2,1H3,(H5,12,13,14,15);1-3,5-6H,4,7-8H2,(H6,12,13,14,15,16);8H,2-7H2,1H3,(H5,11,12,13,14,15);2-6H,7H2,1H3,(H5,11,12,13,14);8H,2-7H2,1H3,(H5,11,12,13,14,15);1-5H,6-7H2,(H6,11,12,13,14,15);2-6H,1H3,(H5,10,11,12,13);1-5H,6H2,(H6,10,11,12,13,14);1-5H,(H6,9,10,11,12,13). The highest BCUT2D eigenvalue weighted by Gasteiger charge is 2.17. The fourth-order valence-corrected chi connectivity index (χ4v) is 13.1. The van der Waals surface area contributed by atoms with Gasteiger partial charge in [-0.3, -0.25) is 62.2 Å². The first-order valence-electron chi connectivity index (χ1n) is 48.1. The van der Waals surface area contributed by atoms with Gasteiger partial charge < -0.3 is 157 Å². The molecule has 50 heteroatoms. The molecule has 0 saturated heterocycles. The number of aryl methyl sites for hydroxylation is 1. The first kappa shape index (κ1) is 129. The number of nitrogens with one attached hydrogen (secondary N) is 7. The van der Waals surface area contributed by atoms with Crippen molar-refractivity contribution in [1.82, 2.24) is 30.7 Å². The van der Waals surface area contributed by atoms with Gasteiger partial charge in [0.15, 0.2) is 71.5 Å². The van der Waals surface area contributed by atoms with E-state index >= 15 is 0 Å². The van der Waals surface area contributed by atoms with Gasteiger partial charge in [-0.05, 0) is 134 Å². The molecule has 3 saturated carbocycles. The number of rotatable bonds is 22. The third-order valence-corrected chi connectivity index (χ3v) is 20.7. The number of anilines is 1. The quantitative estimate of drug-likeness (QED) is 0.0263. The minimum absolute atomic E-state index is 0.0104. The van der Waals surface area contributed by atoms with Crippen molar-refractivity contribution in [2.45, 2.75) is 135 Å². The van der Waals surface area contributed by atoms with Gasteiger partial charge in [0.25, 0.3) is 0 Å². The average molecular weight is 2060 g/mol. The number of para-hydroxylation sites is 2. The Labute approximate surface area is 876 Å². The van der Waals surface area contributed by atoms with Gasteiger partial charge >= 0.3 is 0 Å². The second kappa shape index (κ2) is 79.4. The van der Waals surface area contributed by atoms with Crippen molar-refractivity contribution in [3.05, 3.63) is 240 Å². The molecule has 10 rings (SSSR count). The summed E-state index contributed by atoms with van der Waals surface area (Å²) < 4.78 is 0. The largest absolute Gasteiger partial charge is 0.370 e. The van der Waals surface area contributed by atoms with Gasteiger partial charge in [-0.15, -0.1) is 0 Å². The Kier molecular flexibility index (Phi) is 68.7. The molecule has 7 aromatic rings. The zero-order valence-electron chi connectivity index (χ0n) is 87.3. The van der Waals surface area contributed by atoms with Crippen molar-refractivity contribution < 1.29 is 0 Å². The van der Waals surface area contributed by atoms with Gasteiger partial charge in [-0.2, -0.15) is 39.9 Å². The predicted molar refractivity (Wildman–Crippen MR) is 622 cm³/mol. The highest BCUT2D eigenvalue weighted by Crippen LogP contribution is 2.26. The van der Waals surface area contributed by atoms with Crippen LogP contribution in [0.4, 0.5) is 11.4 Å². The Balaban J connectivity index is 0.000000828. The Hall–Kier alpha value is -18.1. The van der Waals surface area contributed by atoms with Crippen molar-refractivity contribution in [3.63, 3.8) is 0 Å². The normalized spacial score (nSPS) is 13.2. The SMILES string of the molecule is CN(C(=N)N=C(N)N)c1ccccc1.CN(C)C(N)=NC(N)=NCC1CCCCC1.CN(CCc1ccccc1)C(=N)N=C(N)N.CN(Cc1ccccc1)C(=N)N=C(N)N.CN=C(N)NC(N)=NCC1CCCCC1.CN=C(NCC1CCCCC1)NC(=N)N.NC(N)=NC(N)=NCCCc1ccccc1.NC(N)=NC(N)=NCCc1ccccc1.NC(N)=NC(N)=NCc1ccccc1.NC(N)=NC(N)=Nc1ccccc1. The summed E-state index contributed by atoms with van der Waals surface area (Å²) in [5, 5.41) is 38.3. The summed E-state index contributed by atoms with van der Waals surface area (Å²) in [5.74, 6) is 3.90. The van der Waals surface area contributed by atoms with E-state index in [1.165, 1.54) is 113 Å². The number of aliphatic imine (C=N–C) groups is 16. The Morgan fingerprint density at radius 1 is 0.322 bits per heavy atom. The smallest absolute Gasteiger partial charge is 0.225 e. The van der Waals surface area contributed by atoms with Gasteiger partial charge in [0.1, 0.15) is 0 Å². The molecule has 149 heavy (non-hydrogen) atoms. The monoisotopic (exact) mass is 2060 g/mol. The second-order valence-electron chi connectivity index (χ2n) is 33.4. The van der Waals surface area contributed by atoms with Crippen LogP contribution < -0.4 is 153 Å². The molecule has 0 amide bonds. The van der Waals surface area contributed by atoms with E-state index in [9.17, 15) is 0 Å². The number of nitrogens with zero attached hydrogens (tertiary/aromatic N) is 20. The Bertz CT molecular complexity index is 5380. The minimum atomic E-state index is -0.113. The summed E-state index contributed by atoms with van der Waals surface area (Å²) in [6.07, 6.45) is 23.3. The molecule has 3 aliphatic rings. The molecule has 50 nitrogen and oxygen atoms in total. The van der Waals surface area contributed by atoms with Gasteiger partial charge in [-0.1, -0.05) is 246 Å². The fourth-order valence-electron chi connectivity index (χ4n) is 13.1. The van der Waals surface area contributed by atoms with Crippen molar-refractivity contribution in [1.29, 1.82) is 21.6 Å². The zero-order valence-corrected chi connectivity index (χ0v) is 87.3. The maximum Gasteiger partial charge on any atom is 0.225 e. The van der Waals surface area contributed by atoms with Crippen LogP contribution in [0.2, 0.25) is 0 Å². The van der Waals surface area contributed by atoms with E-state index in [0.717, 1.165) is 68.0 Å². The summed E-state index contributed by atoms with van der Waals surface area (Å²) in [4.78, 5) is 68.2. The lowest BCUT2D eigenvalue weighted by atomic mass is 9.89. The van der Waals surface area contributed by atoms with Crippen molar-refractivity contribution in [3.8, 4) is 0 Å². The van der Waals surface area contributed by atoms with Gasteiger partial charge in [0.2, 0.25) is 47.7 Å². The molecule has 0 heterocycles. The van der Waals surface area contributed by atoms with Crippen molar-refractivity contribution in [2.24, 2.45) is 230 Å². The van der Waals surface area contributed by atoms with Crippen LogP contribution in [-0.4, -0.2) is 222 Å². The summed E-state index contributed by atoms with van der Waals surface area (Å²) in [5.41, 5.74) is 129. The van der Waals surface area contributed by atoms with E-state index in [1.54, 1.807) is 67.0 Å². The summed E-state index contributed by atoms with van der Waals surface area (Å²) >= 11 is 0. The van der Waals surface area contributed by atoms with E-state index in [0.29, 0.717) is 74.1 Å². The van der Waals surface area contributed by atoms with Crippen LogP contribution in [0, 0.1) is 39.4 Å². The van der Waals surface area contributed by atoms with E-state index in [4.69, 9.17) is 154 Å². The molecule has 3 fully saturated rings. The predicted octanol–water partition coefficient (Wildman–Crippen LogP) is 2.53. The molecule has 0 atom stereocenters. The first-order valence-corrected chi connectivity index (χ1v) is 48.1. The molecule has 812 valence electrons. The number of guanidine groups is 20. The van der Waals surface area contributed by atoms with Crippen LogP contribution in [0.1, 0.15) is 131 Å². The highest BCUT2D eigenvalue weighted by molar-refractivity contribution is 6.02. The molecule has 0 radical (unpaired) electrons. The van der Waals surface area contributed by atoms with Gasteiger partial charge in [0.05, 0.1) is 12.2 Å². The molecule has 0 aromatic heterocycles. The number of benzene rings is 7. The Morgan fingerprint density at radius 3 is 1.09 bits per heavy atom. The zero-order chi connectivity index (χ0) is 111. The van der Waals surface area contributed by atoms with E-state index in [-0.39, 0.29) is 95.4 Å². The topological polar surface area (TPSA) is 941 Å². The first-order chi connectivity index (χ1) is 71.1. The third-order valence-electron chi connectivity index (χ3n) is 20.7. The maximum absolute atomic E-state index is 7.57. The molecular weight excluding hydrogens is 1890 g/mol. The van der Waals surface area contributed by atoms with Crippen LogP contribution in [0.15, 0.2) is 292 Å². The summed E-state index contributed by atoms with van der Waals surface area (Å²) in [7, 11) is 12.2. The van der Waals surface area contributed by atoms with Crippen molar-refractivity contribution >= 4 is 131 Å². The van der Waals surface area contributed by atoms with Crippen LogP contribution in [-0.2, 0) is 32.4 Å². The van der Waals surface area contributed by atoms with E-state index in [2.05, 4.69) is 120 Å². The van der Waals surface area contributed by atoms with Crippen LogP contribution >= 0.6 is 0 Å². The summed E-state index contributed by atoms with van der Waals surface area (Å²) in [6, 6.07) is 68.4. The molecule has 0 unspecified atom stereocenters. The number of nitrogens with two attached hydrogens (primary N) is 23. The molecule has 3 aliphatic carbocycles. The molecule has 7 aromatic carbocycles. The average Bonchev–Trinajstić information content (AvgIpc) is 0.884. The minimum Gasteiger partial charge on any atom is -0.370 e. The Morgan fingerprint density at radius 2 is 0.678 bits per heavy atom. The van der Waals surface area contributed by atoms with Crippen LogP contribution in [0.5, 0.6) is 0 Å².